The number of nitrogens with zero attached hydrogens (tertiary/aromatic N) is 1. The van der Waals surface area contributed by atoms with Crippen LogP contribution in [0, 0.1) is 0 Å². The van der Waals surface area contributed by atoms with E-state index < -0.39 is 11.7 Å². The average molecular weight is 309 g/mol. The molecule has 2 aromatic rings. The summed E-state index contributed by atoms with van der Waals surface area (Å²) in [5.41, 5.74) is -0.0566. The van der Waals surface area contributed by atoms with Crippen LogP contribution in [0.15, 0.2) is 47.5 Å². The first-order chi connectivity index (χ1) is 10.4. The molecule has 0 amide bonds. The third-order valence-electron chi connectivity index (χ3n) is 2.94. The normalized spacial score (nSPS) is 11.8. The Kier molecular flexibility index (Phi) is 4.70. The highest BCUT2D eigenvalue weighted by Gasteiger charge is 2.33. The van der Waals surface area contributed by atoms with Crippen molar-refractivity contribution >= 4 is 6.21 Å². The zero-order valence-corrected chi connectivity index (χ0v) is 11.8. The molecule has 0 spiro atoms. The fourth-order valence-electron chi connectivity index (χ4n) is 1.88. The molecule has 0 aliphatic heterocycles. The molecule has 0 atom stereocenters. The van der Waals surface area contributed by atoms with Crippen LogP contribution in [-0.2, 0) is 12.8 Å². The van der Waals surface area contributed by atoms with E-state index in [0.29, 0.717) is 0 Å². The van der Waals surface area contributed by atoms with Crippen molar-refractivity contribution in [2.24, 2.45) is 4.99 Å². The standard InChI is InChI=1S/C16H14F3NO2/c1-20-9-12-4-7-14(8-15(12)16(17,18)19)22-10-11-2-5-13(21)6-3-11/h2-9,21H,10H2,1H3. The average Bonchev–Trinajstić information content (AvgIpc) is 2.47. The minimum absolute atomic E-state index is 0.00742. The summed E-state index contributed by atoms with van der Waals surface area (Å²) >= 11 is 0. The molecule has 116 valence electrons. The van der Waals surface area contributed by atoms with Gasteiger partial charge in [0.15, 0.2) is 0 Å². The zero-order valence-electron chi connectivity index (χ0n) is 11.8. The lowest BCUT2D eigenvalue weighted by atomic mass is 10.1. The van der Waals surface area contributed by atoms with Gasteiger partial charge in [0, 0.05) is 18.8 Å². The molecule has 0 unspecified atom stereocenters. The molecule has 6 heteroatoms. The van der Waals surface area contributed by atoms with Crippen LogP contribution in [0.5, 0.6) is 11.5 Å². The molecule has 0 heterocycles. The lowest BCUT2D eigenvalue weighted by molar-refractivity contribution is -0.137. The van der Waals surface area contributed by atoms with Gasteiger partial charge in [-0.05, 0) is 35.9 Å². The van der Waals surface area contributed by atoms with E-state index in [1.807, 2.05) is 0 Å². The van der Waals surface area contributed by atoms with Crippen molar-refractivity contribution in [2.45, 2.75) is 12.8 Å². The summed E-state index contributed by atoms with van der Waals surface area (Å²) in [5, 5.41) is 9.17. The minimum atomic E-state index is -4.48. The first-order valence-electron chi connectivity index (χ1n) is 6.44. The Labute approximate surface area is 125 Å². The van der Waals surface area contributed by atoms with Crippen LogP contribution in [0.1, 0.15) is 16.7 Å². The second-order valence-electron chi connectivity index (χ2n) is 4.59. The van der Waals surface area contributed by atoms with Gasteiger partial charge in [-0.25, -0.2) is 0 Å². The first-order valence-corrected chi connectivity index (χ1v) is 6.44. The number of alkyl halides is 3. The first kappa shape index (κ1) is 15.9. The van der Waals surface area contributed by atoms with Crippen LogP contribution in [-0.4, -0.2) is 18.4 Å². The molecule has 22 heavy (non-hydrogen) atoms. The van der Waals surface area contributed by atoms with E-state index in [-0.39, 0.29) is 23.7 Å². The highest BCUT2D eigenvalue weighted by molar-refractivity contribution is 5.82. The summed E-state index contributed by atoms with van der Waals surface area (Å²) in [4.78, 5) is 3.62. The van der Waals surface area contributed by atoms with E-state index in [0.717, 1.165) is 17.8 Å². The second-order valence-corrected chi connectivity index (χ2v) is 4.59. The fraction of sp³-hybridized carbons (Fsp3) is 0.188. The van der Waals surface area contributed by atoms with Gasteiger partial charge in [-0.3, -0.25) is 4.99 Å². The Hall–Kier alpha value is -2.50. The Morgan fingerprint density at radius 2 is 1.82 bits per heavy atom. The third kappa shape index (κ3) is 4.00. The second kappa shape index (κ2) is 6.51. The number of ether oxygens (including phenoxy) is 1. The predicted octanol–water partition coefficient (Wildman–Crippen LogP) is 4.04. The molecular weight excluding hydrogens is 295 g/mol. The van der Waals surface area contributed by atoms with Crippen molar-refractivity contribution in [1.82, 2.24) is 0 Å². The van der Waals surface area contributed by atoms with E-state index in [1.54, 1.807) is 12.1 Å². The summed E-state index contributed by atoms with van der Waals surface area (Å²) in [6, 6.07) is 9.99. The maximum atomic E-state index is 13.0. The van der Waals surface area contributed by atoms with Gasteiger partial charge in [0.2, 0.25) is 0 Å². The van der Waals surface area contributed by atoms with E-state index in [4.69, 9.17) is 4.74 Å². The highest BCUT2D eigenvalue weighted by atomic mass is 19.4. The van der Waals surface area contributed by atoms with Crippen LogP contribution < -0.4 is 4.74 Å². The van der Waals surface area contributed by atoms with E-state index >= 15 is 0 Å². The monoisotopic (exact) mass is 309 g/mol. The molecule has 0 radical (unpaired) electrons. The number of benzene rings is 2. The maximum absolute atomic E-state index is 13.0. The molecule has 0 aliphatic rings. The Morgan fingerprint density at radius 3 is 2.41 bits per heavy atom. The Balaban J connectivity index is 2.19. The predicted molar refractivity (Wildman–Crippen MR) is 77.4 cm³/mol. The molecule has 2 aromatic carbocycles. The number of halogens is 3. The van der Waals surface area contributed by atoms with Gasteiger partial charge >= 0.3 is 6.18 Å². The zero-order chi connectivity index (χ0) is 16.2. The van der Waals surface area contributed by atoms with Crippen LogP contribution in [0.3, 0.4) is 0 Å². The van der Waals surface area contributed by atoms with Crippen molar-refractivity contribution in [1.29, 1.82) is 0 Å². The van der Waals surface area contributed by atoms with Crippen molar-refractivity contribution in [3.05, 3.63) is 59.2 Å². The smallest absolute Gasteiger partial charge is 0.417 e. The molecule has 0 saturated heterocycles. The largest absolute Gasteiger partial charge is 0.508 e. The van der Waals surface area contributed by atoms with Gasteiger partial charge in [0.05, 0.1) is 5.56 Å². The van der Waals surface area contributed by atoms with Crippen LogP contribution >= 0.6 is 0 Å². The number of hydrogen-bond acceptors (Lipinski definition) is 3. The van der Waals surface area contributed by atoms with Gasteiger partial charge in [0.1, 0.15) is 18.1 Å². The molecular formula is C16H14F3NO2. The van der Waals surface area contributed by atoms with Gasteiger partial charge in [0.25, 0.3) is 0 Å². The molecule has 3 nitrogen and oxygen atoms in total. The highest BCUT2D eigenvalue weighted by Crippen LogP contribution is 2.34. The van der Waals surface area contributed by atoms with Gasteiger partial charge in [-0.1, -0.05) is 12.1 Å². The number of phenols is 1. The maximum Gasteiger partial charge on any atom is 0.417 e. The summed E-state index contributed by atoms with van der Waals surface area (Å²) in [6.45, 7) is 0.110. The summed E-state index contributed by atoms with van der Waals surface area (Å²) in [5.74, 6) is 0.236. The summed E-state index contributed by atoms with van der Waals surface area (Å²) < 4.78 is 44.4. The number of aliphatic imine (C=N–C) groups is 1. The number of aromatic hydroxyl groups is 1. The van der Waals surface area contributed by atoms with Crippen LogP contribution in [0.25, 0.3) is 0 Å². The fourth-order valence-corrected chi connectivity index (χ4v) is 1.88. The van der Waals surface area contributed by atoms with Crippen molar-refractivity contribution in [3.8, 4) is 11.5 Å². The van der Waals surface area contributed by atoms with Gasteiger partial charge < -0.3 is 9.84 Å². The van der Waals surface area contributed by atoms with Gasteiger partial charge in [-0.2, -0.15) is 13.2 Å². The minimum Gasteiger partial charge on any atom is -0.508 e. The summed E-state index contributed by atoms with van der Waals surface area (Å²) in [7, 11) is 1.41. The van der Waals surface area contributed by atoms with Crippen LogP contribution in [0.4, 0.5) is 13.2 Å². The SMILES string of the molecule is CN=Cc1ccc(OCc2ccc(O)cc2)cc1C(F)(F)F. The summed E-state index contributed by atoms with van der Waals surface area (Å²) in [6.07, 6.45) is -3.32. The van der Waals surface area contributed by atoms with E-state index in [1.165, 1.54) is 31.3 Å². The molecule has 2 rings (SSSR count). The number of hydrogen-bond donors (Lipinski definition) is 1. The lowest BCUT2D eigenvalue weighted by Crippen LogP contribution is -2.09. The molecule has 0 saturated carbocycles. The Bertz CT molecular complexity index is 664. The Morgan fingerprint density at radius 1 is 1.14 bits per heavy atom. The third-order valence-corrected chi connectivity index (χ3v) is 2.94. The molecule has 1 N–H and O–H groups in total. The van der Waals surface area contributed by atoms with E-state index in [9.17, 15) is 18.3 Å². The van der Waals surface area contributed by atoms with Crippen molar-refractivity contribution in [2.75, 3.05) is 7.05 Å². The number of rotatable bonds is 4. The van der Waals surface area contributed by atoms with Gasteiger partial charge in [-0.15, -0.1) is 0 Å². The molecule has 0 bridgehead atoms. The quantitative estimate of drug-likeness (QED) is 0.866. The topological polar surface area (TPSA) is 41.8 Å². The molecule has 0 aliphatic carbocycles. The van der Waals surface area contributed by atoms with E-state index in [2.05, 4.69) is 4.99 Å². The molecule has 0 aromatic heterocycles. The van der Waals surface area contributed by atoms with Crippen molar-refractivity contribution < 1.29 is 23.0 Å². The van der Waals surface area contributed by atoms with Crippen molar-refractivity contribution in [3.63, 3.8) is 0 Å². The molecule has 0 fully saturated rings. The van der Waals surface area contributed by atoms with Crippen LogP contribution in [0.2, 0.25) is 0 Å². The number of phenolic OH excluding ortho intramolecular Hbond substituents is 1. The lowest BCUT2D eigenvalue weighted by Gasteiger charge is -2.13.